The van der Waals surface area contributed by atoms with Crippen LogP contribution in [-0.4, -0.2) is 52.8 Å². The number of hydrogen-bond donors (Lipinski definition) is 1. The Hall–Kier alpha value is -2.89. The zero-order valence-corrected chi connectivity index (χ0v) is 22.7. The second kappa shape index (κ2) is 11.7. The van der Waals surface area contributed by atoms with Gasteiger partial charge in [-0.05, 0) is 49.6 Å². The molecule has 1 amide bonds. The predicted molar refractivity (Wildman–Crippen MR) is 137 cm³/mol. The van der Waals surface area contributed by atoms with E-state index in [1.807, 2.05) is 13.8 Å². The Bertz CT molecular complexity index is 1370. The van der Waals surface area contributed by atoms with Crippen molar-refractivity contribution in [3.63, 3.8) is 0 Å². The Labute approximate surface area is 220 Å². The molecule has 1 aliphatic heterocycles. The first-order valence-electron chi connectivity index (χ1n) is 11.9. The van der Waals surface area contributed by atoms with Crippen LogP contribution in [0.4, 0.5) is 8.78 Å². The molecule has 0 bridgehead atoms. The number of hydrogen-bond acceptors (Lipinski definition) is 5. The molecule has 1 aliphatic rings. The zero-order valence-electron chi connectivity index (χ0n) is 21.1. The summed E-state index contributed by atoms with van der Waals surface area (Å²) in [5.74, 6) is -1.81. The minimum Gasteiger partial charge on any atom is -0.351 e. The number of nitrogens with zero attached hydrogens (tertiary/aromatic N) is 4. The van der Waals surface area contributed by atoms with E-state index in [1.54, 1.807) is 18.5 Å². The van der Waals surface area contributed by atoms with Crippen molar-refractivity contribution < 1.29 is 22.0 Å². The number of carbonyl (C=O) groups is 1. The SMILES string of the molecule is CC.Cc1cc(Cl)c(F)cc1C(=O)NCC1(c2ncccc2F)CCN(S(=O)(=O)c2cn(C)cn2)CC1. The van der Waals surface area contributed by atoms with Gasteiger partial charge < -0.3 is 9.88 Å². The minimum absolute atomic E-state index is 0.0130. The Morgan fingerprint density at radius 3 is 2.43 bits per heavy atom. The number of carbonyl (C=O) groups excluding carboxylic acids is 1. The van der Waals surface area contributed by atoms with Crippen LogP contribution in [-0.2, 0) is 22.5 Å². The molecule has 0 unspecified atom stereocenters. The van der Waals surface area contributed by atoms with Gasteiger partial charge in [0.2, 0.25) is 0 Å². The molecular formula is C25H30ClF2N5O3S. The molecule has 12 heteroatoms. The molecule has 3 aromatic rings. The summed E-state index contributed by atoms with van der Waals surface area (Å²) >= 11 is 5.79. The molecule has 2 aromatic heterocycles. The van der Waals surface area contributed by atoms with Crippen molar-refractivity contribution in [3.8, 4) is 0 Å². The van der Waals surface area contributed by atoms with E-state index in [1.165, 1.54) is 41.2 Å². The maximum Gasteiger partial charge on any atom is 0.262 e. The maximum atomic E-state index is 14.8. The lowest BCUT2D eigenvalue weighted by atomic mass is 9.75. The fraction of sp³-hybridized carbons (Fsp3) is 0.400. The first kappa shape index (κ1) is 28.7. The lowest BCUT2D eigenvalue weighted by Crippen LogP contribution is -2.51. The van der Waals surface area contributed by atoms with Crippen LogP contribution >= 0.6 is 11.6 Å². The van der Waals surface area contributed by atoms with Gasteiger partial charge in [-0.15, -0.1) is 0 Å². The molecule has 37 heavy (non-hydrogen) atoms. The number of aromatic nitrogens is 3. The van der Waals surface area contributed by atoms with Gasteiger partial charge in [-0.1, -0.05) is 25.4 Å². The fourth-order valence-corrected chi connectivity index (χ4v) is 5.94. The standard InChI is InChI=1S/C23H24ClF2N5O3S.C2H6/c1-15-10-17(24)19(26)11-16(15)22(32)28-13-23(21-18(25)4-3-7-27-21)5-8-31(9-6-23)35(33,34)20-12-30(2)14-29-20;1-2/h3-4,7,10-12,14H,5-6,8-9,13H2,1-2H3,(H,28,32);1-2H3. The zero-order chi connectivity index (χ0) is 27.4. The van der Waals surface area contributed by atoms with E-state index in [2.05, 4.69) is 15.3 Å². The van der Waals surface area contributed by atoms with E-state index in [4.69, 9.17) is 11.6 Å². The van der Waals surface area contributed by atoms with Crippen LogP contribution in [0.15, 0.2) is 48.0 Å². The van der Waals surface area contributed by atoms with Crippen molar-refractivity contribution in [1.82, 2.24) is 24.2 Å². The van der Waals surface area contributed by atoms with Crippen LogP contribution in [0.2, 0.25) is 5.02 Å². The molecule has 0 saturated carbocycles. The van der Waals surface area contributed by atoms with Crippen molar-refractivity contribution in [3.05, 3.63) is 76.5 Å². The second-order valence-corrected chi connectivity index (χ2v) is 11.0. The third-order valence-corrected chi connectivity index (χ3v) is 8.40. The van der Waals surface area contributed by atoms with Crippen molar-refractivity contribution in [2.45, 2.75) is 44.1 Å². The minimum atomic E-state index is -3.83. The van der Waals surface area contributed by atoms with Gasteiger partial charge in [-0.3, -0.25) is 9.78 Å². The third-order valence-electron chi connectivity index (χ3n) is 6.32. The van der Waals surface area contributed by atoms with Gasteiger partial charge in [0.1, 0.15) is 11.6 Å². The molecular weight excluding hydrogens is 524 g/mol. The smallest absolute Gasteiger partial charge is 0.262 e. The maximum absolute atomic E-state index is 14.8. The molecule has 1 fully saturated rings. The number of halogens is 3. The molecule has 0 spiro atoms. The molecule has 3 heterocycles. The number of pyridine rings is 1. The van der Waals surface area contributed by atoms with Crippen LogP contribution in [0.25, 0.3) is 0 Å². The van der Waals surface area contributed by atoms with Crippen LogP contribution in [0.1, 0.15) is 48.3 Å². The Balaban J connectivity index is 0.00000186. The van der Waals surface area contributed by atoms with E-state index in [0.29, 0.717) is 5.56 Å². The molecule has 200 valence electrons. The molecule has 4 rings (SSSR count). The summed E-state index contributed by atoms with van der Waals surface area (Å²) in [6.45, 7) is 5.79. The summed E-state index contributed by atoms with van der Waals surface area (Å²) in [7, 11) is -2.15. The van der Waals surface area contributed by atoms with Gasteiger partial charge in [0.05, 0.1) is 17.0 Å². The van der Waals surface area contributed by atoms with E-state index >= 15 is 0 Å². The number of benzene rings is 1. The monoisotopic (exact) mass is 553 g/mol. The highest BCUT2D eigenvalue weighted by atomic mass is 35.5. The molecule has 0 atom stereocenters. The summed E-state index contributed by atoms with van der Waals surface area (Å²) in [5.41, 5.74) is -0.216. The van der Waals surface area contributed by atoms with Crippen LogP contribution < -0.4 is 5.32 Å². The molecule has 1 N–H and O–H groups in total. The fourth-order valence-electron chi connectivity index (χ4n) is 4.32. The third kappa shape index (κ3) is 6.00. The highest BCUT2D eigenvalue weighted by molar-refractivity contribution is 7.89. The van der Waals surface area contributed by atoms with Crippen LogP contribution in [0.5, 0.6) is 0 Å². The lowest BCUT2D eigenvalue weighted by Gasteiger charge is -2.40. The average molecular weight is 554 g/mol. The molecule has 1 saturated heterocycles. The second-order valence-electron chi connectivity index (χ2n) is 8.66. The van der Waals surface area contributed by atoms with Gasteiger partial charge >= 0.3 is 0 Å². The van der Waals surface area contributed by atoms with Crippen molar-refractivity contribution >= 4 is 27.5 Å². The van der Waals surface area contributed by atoms with E-state index in [-0.39, 0.29) is 53.8 Å². The van der Waals surface area contributed by atoms with Gasteiger partial charge in [0.25, 0.3) is 15.9 Å². The summed E-state index contributed by atoms with van der Waals surface area (Å²) in [6, 6.07) is 5.16. The van der Waals surface area contributed by atoms with E-state index in [9.17, 15) is 22.0 Å². The van der Waals surface area contributed by atoms with Crippen molar-refractivity contribution in [1.29, 1.82) is 0 Å². The Kier molecular flexibility index (Phi) is 9.04. The Morgan fingerprint density at radius 1 is 1.16 bits per heavy atom. The predicted octanol–water partition coefficient (Wildman–Crippen LogP) is 4.23. The van der Waals surface area contributed by atoms with Gasteiger partial charge in [0.15, 0.2) is 5.03 Å². The highest BCUT2D eigenvalue weighted by Gasteiger charge is 2.43. The number of rotatable bonds is 6. The van der Waals surface area contributed by atoms with Gasteiger partial charge in [-0.2, -0.15) is 4.31 Å². The largest absolute Gasteiger partial charge is 0.351 e. The normalized spacial score (nSPS) is 15.5. The van der Waals surface area contributed by atoms with E-state index in [0.717, 1.165) is 6.07 Å². The number of imidazole rings is 1. The molecule has 0 radical (unpaired) electrons. The molecule has 0 aliphatic carbocycles. The average Bonchev–Trinajstić information content (AvgIpc) is 3.33. The number of amides is 1. The quantitative estimate of drug-likeness (QED) is 0.492. The summed E-state index contributed by atoms with van der Waals surface area (Å²) < 4.78 is 57.7. The number of nitrogens with one attached hydrogen (secondary N) is 1. The number of sulfonamides is 1. The molecule has 8 nitrogen and oxygen atoms in total. The van der Waals surface area contributed by atoms with Crippen LogP contribution in [0, 0.1) is 18.6 Å². The Morgan fingerprint density at radius 2 is 1.84 bits per heavy atom. The van der Waals surface area contributed by atoms with Crippen molar-refractivity contribution in [2.24, 2.45) is 7.05 Å². The van der Waals surface area contributed by atoms with Crippen LogP contribution in [0.3, 0.4) is 0 Å². The first-order chi connectivity index (χ1) is 17.5. The highest BCUT2D eigenvalue weighted by Crippen LogP contribution is 2.37. The topological polar surface area (TPSA) is 97.2 Å². The van der Waals surface area contributed by atoms with Gasteiger partial charge in [0, 0.05) is 50.1 Å². The number of piperidine rings is 1. The first-order valence-corrected chi connectivity index (χ1v) is 13.7. The van der Waals surface area contributed by atoms with Gasteiger partial charge in [-0.25, -0.2) is 22.2 Å². The van der Waals surface area contributed by atoms with Crippen molar-refractivity contribution in [2.75, 3.05) is 19.6 Å². The number of aryl methyl sites for hydroxylation is 2. The molecule has 1 aromatic carbocycles. The summed E-state index contributed by atoms with van der Waals surface area (Å²) in [5, 5.41) is 2.62. The summed E-state index contributed by atoms with van der Waals surface area (Å²) in [6.07, 6.45) is 4.70. The van der Waals surface area contributed by atoms with E-state index < -0.39 is 33.0 Å². The lowest BCUT2D eigenvalue weighted by molar-refractivity contribution is 0.0929. The summed E-state index contributed by atoms with van der Waals surface area (Å²) in [4.78, 5) is 21.1.